The maximum absolute atomic E-state index is 9.59. The molecule has 0 aliphatic carbocycles. The highest BCUT2D eigenvalue weighted by atomic mass is 16.5. The minimum Gasteiger partial charge on any atom is -0.496 e. The van der Waals surface area contributed by atoms with Crippen molar-refractivity contribution in [3.05, 3.63) is 29.3 Å². The molecule has 1 rings (SSSR count). The first-order valence-electron chi connectivity index (χ1n) is 6.04. The highest BCUT2D eigenvalue weighted by Gasteiger charge is 2.25. The number of ether oxygens (including phenoxy) is 1. The Hall–Kier alpha value is -1.06. The monoisotopic (exact) mass is 237 g/mol. The van der Waals surface area contributed by atoms with Gasteiger partial charge in [-0.25, -0.2) is 0 Å². The van der Waals surface area contributed by atoms with E-state index in [9.17, 15) is 5.11 Å². The van der Waals surface area contributed by atoms with E-state index in [1.807, 2.05) is 19.2 Å². The fraction of sp³-hybridized carbons (Fsp3) is 0.571. The number of aliphatic hydroxyl groups excluding tert-OH is 1. The van der Waals surface area contributed by atoms with Crippen molar-refractivity contribution in [3.63, 3.8) is 0 Å². The summed E-state index contributed by atoms with van der Waals surface area (Å²) in [5, 5.41) is 12.7. The van der Waals surface area contributed by atoms with Gasteiger partial charge >= 0.3 is 0 Å². The minimum absolute atomic E-state index is 0.128. The van der Waals surface area contributed by atoms with Crippen molar-refractivity contribution in [3.8, 4) is 5.75 Å². The van der Waals surface area contributed by atoms with E-state index in [2.05, 4.69) is 25.2 Å². The van der Waals surface area contributed by atoms with Gasteiger partial charge in [0.2, 0.25) is 0 Å². The Morgan fingerprint density at radius 2 is 2.12 bits per heavy atom. The van der Waals surface area contributed by atoms with E-state index in [1.165, 1.54) is 5.56 Å². The molecule has 0 heterocycles. The van der Waals surface area contributed by atoms with Crippen LogP contribution in [0.15, 0.2) is 18.2 Å². The number of aryl methyl sites for hydroxylation is 1. The molecule has 1 aromatic carbocycles. The first kappa shape index (κ1) is 14.0. The van der Waals surface area contributed by atoms with E-state index in [1.54, 1.807) is 7.11 Å². The summed E-state index contributed by atoms with van der Waals surface area (Å²) in [4.78, 5) is 0. The molecule has 2 N–H and O–H groups in total. The van der Waals surface area contributed by atoms with Crippen LogP contribution in [0.2, 0.25) is 0 Å². The quantitative estimate of drug-likeness (QED) is 0.791. The Morgan fingerprint density at radius 3 is 2.59 bits per heavy atom. The molecule has 0 saturated carbocycles. The Kier molecular flexibility index (Phi) is 4.97. The van der Waals surface area contributed by atoms with Gasteiger partial charge in [0, 0.05) is 12.0 Å². The van der Waals surface area contributed by atoms with Crippen LogP contribution in [-0.4, -0.2) is 32.4 Å². The molecule has 0 aromatic heterocycles. The molecule has 3 heteroatoms. The molecule has 1 atom stereocenters. The lowest BCUT2D eigenvalue weighted by molar-refractivity contribution is 0.204. The third-order valence-corrected chi connectivity index (χ3v) is 3.27. The number of benzene rings is 1. The van der Waals surface area contributed by atoms with Crippen molar-refractivity contribution in [2.75, 3.05) is 27.3 Å². The van der Waals surface area contributed by atoms with Gasteiger partial charge < -0.3 is 15.2 Å². The highest BCUT2D eigenvalue weighted by Crippen LogP contribution is 2.28. The van der Waals surface area contributed by atoms with E-state index >= 15 is 0 Å². The van der Waals surface area contributed by atoms with Crippen molar-refractivity contribution in [1.82, 2.24) is 5.32 Å². The maximum atomic E-state index is 9.59. The fourth-order valence-corrected chi connectivity index (χ4v) is 2.07. The molecule has 3 nitrogen and oxygen atoms in total. The Bertz CT molecular complexity index is 365. The summed E-state index contributed by atoms with van der Waals surface area (Å²) < 4.78 is 5.32. The highest BCUT2D eigenvalue weighted by molar-refractivity contribution is 5.40. The van der Waals surface area contributed by atoms with E-state index in [-0.39, 0.29) is 12.0 Å². The lowest BCUT2D eigenvalue weighted by atomic mass is 9.82. The second-order valence-corrected chi connectivity index (χ2v) is 4.63. The van der Waals surface area contributed by atoms with Gasteiger partial charge in [-0.15, -0.1) is 0 Å². The summed E-state index contributed by atoms with van der Waals surface area (Å²) in [6.07, 6.45) is 0.929. The van der Waals surface area contributed by atoms with Crippen LogP contribution in [0.1, 0.15) is 25.0 Å². The van der Waals surface area contributed by atoms with Crippen LogP contribution in [0.4, 0.5) is 0 Å². The number of aliphatic hydroxyl groups is 1. The third kappa shape index (κ3) is 2.99. The zero-order valence-corrected chi connectivity index (χ0v) is 11.2. The van der Waals surface area contributed by atoms with Crippen LogP contribution in [0.5, 0.6) is 5.75 Å². The molecule has 0 aliphatic rings. The van der Waals surface area contributed by atoms with E-state index in [0.29, 0.717) is 0 Å². The van der Waals surface area contributed by atoms with Crippen molar-refractivity contribution >= 4 is 0 Å². The van der Waals surface area contributed by atoms with Crippen molar-refractivity contribution in [2.24, 2.45) is 0 Å². The van der Waals surface area contributed by atoms with Crippen LogP contribution in [0.25, 0.3) is 0 Å². The number of hydrogen-bond donors (Lipinski definition) is 2. The average molecular weight is 237 g/mol. The molecular weight excluding hydrogens is 214 g/mol. The molecule has 0 spiro atoms. The Balaban J connectivity index is 3.13. The normalized spacial score (nSPS) is 14.4. The van der Waals surface area contributed by atoms with Crippen LogP contribution in [-0.2, 0) is 11.8 Å². The van der Waals surface area contributed by atoms with Crippen LogP contribution < -0.4 is 10.1 Å². The zero-order chi connectivity index (χ0) is 12.9. The summed E-state index contributed by atoms with van der Waals surface area (Å²) in [6, 6.07) is 6.15. The number of methoxy groups -OCH3 is 1. The van der Waals surface area contributed by atoms with E-state index in [0.717, 1.165) is 24.3 Å². The topological polar surface area (TPSA) is 41.5 Å². The first-order valence-corrected chi connectivity index (χ1v) is 6.04. The maximum Gasteiger partial charge on any atom is 0.122 e. The van der Waals surface area contributed by atoms with Gasteiger partial charge in [-0.05, 0) is 30.7 Å². The SMILES string of the molecule is CCc1cc(C(C)(CO)CNC)ccc1OC. The van der Waals surface area contributed by atoms with Crippen molar-refractivity contribution in [1.29, 1.82) is 0 Å². The van der Waals surface area contributed by atoms with Crippen LogP contribution in [0.3, 0.4) is 0 Å². The van der Waals surface area contributed by atoms with Crippen molar-refractivity contribution < 1.29 is 9.84 Å². The second kappa shape index (κ2) is 6.03. The van der Waals surface area contributed by atoms with Gasteiger partial charge in [0.05, 0.1) is 13.7 Å². The number of hydrogen-bond acceptors (Lipinski definition) is 3. The van der Waals surface area contributed by atoms with E-state index < -0.39 is 0 Å². The Morgan fingerprint density at radius 1 is 1.41 bits per heavy atom. The molecule has 1 unspecified atom stereocenters. The number of rotatable bonds is 6. The van der Waals surface area contributed by atoms with Gasteiger partial charge in [-0.1, -0.05) is 26.0 Å². The minimum atomic E-state index is -0.245. The third-order valence-electron chi connectivity index (χ3n) is 3.27. The molecular formula is C14H23NO2. The Labute approximate surface area is 104 Å². The van der Waals surface area contributed by atoms with Gasteiger partial charge in [0.1, 0.15) is 5.75 Å². The van der Waals surface area contributed by atoms with Gasteiger partial charge in [-0.3, -0.25) is 0 Å². The molecule has 0 aliphatic heterocycles. The molecule has 0 amide bonds. The lowest BCUT2D eigenvalue weighted by Gasteiger charge is -2.28. The van der Waals surface area contributed by atoms with Gasteiger partial charge in [-0.2, -0.15) is 0 Å². The molecule has 0 bridgehead atoms. The largest absolute Gasteiger partial charge is 0.496 e. The smallest absolute Gasteiger partial charge is 0.122 e. The number of likely N-dealkylation sites (N-methyl/N-ethyl adjacent to an activating group) is 1. The first-order chi connectivity index (χ1) is 8.11. The summed E-state index contributed by atoms with van der Waals surface area (Å²) in [5.41, 5.74) is 2.08. The van der Waals surface area contributed by atoms with Crippen LogP contribution in [0, 0.1) is 0 Å². The standard InChI is InChI=1S/C14H23NO2/c1-5-11-8-12(6-7-13(11)17-4)14(2,10-16)9-15-3/h6-8,15-16H,5,9-10H2,1-4H3. The van der Waals surface area contributed by atoms with E-state index in [4.69, 9.17) is 4.74 Å². The second-order valence-electron chi connectivity index (χ2n) is 4.63. The van der Waals surface area contributed by atoms with Crippen molar-refractivity contribution in [2.45, 2.75) is 25.7 Å². The summed E-state index contributed by atoms with van der Waals surface area (Å²) in [6.45, 7) is 5.04. The molecule has 17 heavy (non-hydrogen) atoms. The summed E-state index contributed by atoms with van der Waals surface area (Å²) in [5.74, 6) is 0.918. The van der Waals surface area contributed by atoms with Gasteiger partial charge in [0.25, 0.3) is 0 Å². The zero-order valence-electron chi connectivity index (χ0n) is 11.2. The molecule has 0 radical (unpaired) electrons. The molecule has 0 saturated heterocycles. The van der Waals surface area contributed by atoms with Crippen LogP contribution >= 0.6 is 0 Å². The fourth-order valence-electron chi connectivity index (χ4n) is 2.07. The molecule has 96 valence electrons. The molecule has 1 aromatic rings. The number of nitrogens with one attached hydrogen (secondary N) is 1. The summed E-state index contributed by atoms with van der Waals surface area (Å²) >= 11 is 0. The summed E-state index contributed by atoms with van der Waals surface area (Å²) in [7, 11) is 3.59. The molecule has 0 fully saturated rings. The average Bonchev–Trinajstić information content (AvgIpc) is 2.38. The van der Waals surface area contributed by atoms with Gasteiger partial charge in [0.15, 0.2) is 0 Å². The predicted molar refractivity (Wildman–Crippen MR) is 70.7 cm³/mol. The predicted octanol–water partition coefficient (Wildman–Crippen LogP) is 1.73. The lowest BCUT2D eigenvalue weighted by Crippen LogP contribution is -2.37.